The molecule has 1 fully saturated rings. The van der Waals surface area contributed by atoms with Crippen LogP contribution in [0.3, 0.4) is 0 Å². The van der Waals surface area contributed by atoms with Crippen LogP contribution in [0.25, 0.3) is 11.6 Å². The number of hydrogen-bond acceptors (Lipinski definition) is 4. The highest BCUT2D eigenvalue weighted by atomic mass is 16.3. The molecule has 2 aromatic heterocycles. The van der Waals surface area contributed by atoms with Gasteiger partial charge < -0.3 is 15.1 Å². The minimum absolute atomic E-state index is 0.454. The highest BCUT2D eigenvalue weighted by Gasteiger charge is 2.16. The lowest BCUT2D eigenvalue weighted by Crippen LogP contribution is -2.42. The molecule has 0 unspecified atom stereocenters. The van der Waals surface area contributed by atoms with Gasteiger partial charge in [-0.2, -0.15) is 0 Å². The Bertz CT molecular complexity index is 597. The molecule has 0 amide bonds. The van der Waals surface area contributed by atoms with Crippen LogP contribution in [-0.4, -0.2) is 33.7 Å². The molecular formula is C15H22N6O. The molecular weight excluding hydrogens is 280 g/mol. The van der Waals surface area contributed by atoms with Crippen molar-refractivity contribution in [3.8, 4) is 11.6 Å². The highest BCUT2D eigenvalue weighted by molar-refractivity contribution is 5.80. The number of H-pyrrole nitrogens is 1. The fourth-order valence-electron chi connectivity index (χ4n) is 2.62. The predicted octanol–water partition coefficient (Wildman–Crippen LogP) is 2.06. The zero-order valence-corrected chi connectivity index (χ0v) is 12.8. The van der Waals surface area contributed by atoms with Gasteiger partial charge in [0.2, 0.25) is 5.82 Å². The van der Waals surface area contributed by atoms with Crippen LogP contribution in [0.5, 0.6) is 0 Å². The van der Waals surface area contributed by atoms with E-state index in [4.69, 9.17) is 4.42 Å². The van der Waals surface area contributed by atoms with E-state index in [1.165, 1.54) is 25.7 Å². The number of nitrogens with zero attached hydrogens (tertiary/aromatic N) is 3. The summed E-state index contributed by atoms with van der Waals surface area (Å²) in [6.07, 6.45) is 6.64. The van der Waals surface area contributed by atoms with E-state index in [0.717, 1.165) is 18.3 Å². The molecule has 0 radical (unpaired) electrons. The summed E-state index contributed by atoms with van der Waals surface area (Å²) in [5.41, 5.74) is 0. The van der Waals surface area contributed by atoms with Crippen LogP contribution < -0.4 is 10.6 Å². The van der Waals surface area contributed by atoms with Gasteiger partial charge in [0.1, 0.15) is 12.4 Å². The van der Waals surface area contributed by atoms with Crippen molar-refractivity contribution in [2.75, 3.05) is 6.54 Å². The van der Waals surface area contributed by atoms with E-state index in [1.807, 2.05) is 12.1 Å². The Morgan fingerprint density at radius 3 is 3.05 bits per heavy atom. The Kier molecular flexibility index (Phi) is 4.72. The van der Waals surface area contributed by atoms with E-state index in [2.05, 4.69) is 37.7 Å². The Morgan fingerprint density at radius 2 is 2.32 bits per heavy atom. The van der Waals surface area contributed by atoms with Gasteiger partial charge in [-0.05, 0) is 31.9 Å². The molecule has 0 saturated heterocycles. The molecule has 0 aliphatic heterocycles. The van der Waals surface area contributed by atoms with Crippen molar-refractivity contribution in [2.24, 2.45) is 4.99 Å². The topological polar surface area (TPSA) is 91.1 Å². The van der Waals surface area contributed by atoms with Crippen LogP contribution in [0.4, 0.5) is 0 Å². The number of furan rings is 1. The van der Waals surface area contributed by atoms with Crippen molar-refractivity contribution in [1.82, 2.24) is 25.8 Å². The second-order valence-electron chi connectivity index (χ2n) is 5.40. The Morgan fingerprint density at radius 1 is 1.45 bits per heavy atom. The lowest BCUT2D eigenvalue weighted by Gasteiger charge is -2.16. The second-order valence-corrected chi connectivity index (χ2v) is 5.40. The van der Waals surface area contributed by atoms with E-state index >= 15 is 0 Å². The lowest BCUT2D eigenvalue weighted by atomic mass is 10.2. The summed E-state index contributed by atoms with van der Waals surface area (Å²) in [5, 5.41) is 13.8. The fraction of sp³-hybridized carbons (Fsp3) is 0.533. The SMILES string of the molecule is CCNC(=NCc1nc(-c2ccco2)n[nH]1)NC1CCCC1. The summed E-state index contributed by atoms with van der Waals surface area (Å²) >= 11 is 0. The average molecular weight is 302 g/mol. The van der Waals surface area contributed by atoms with E-state index in [0.29, 0.717) is 24.2 Å². The maximum atomic E-state index is 5.28. The summed E-state index contributed by atoms with van der Waals surface area (Å²) in [4.78, 5) is 8.97. The Labute approximate surface area is 129 Å². The van der Waals surface area contributed by atoms with Crippen molar-refractivity contribution in [3.63, 3.8) is 0 Å². The number of hydrogen-bond donors (Lipinski definition) is 3. The van der Waals surface area contributed by atoms with Gasteiger partial charge in [0.25, 0.3) is 0 Å². The maximum Gasteiger partial charge on any atom is 0.216 e. The number of rotatable bonds is 5. The second kappa shape index (κ2) is 7.11. The largest absolute Gasteiger partial charge is 0.461 e. The summed E-state index contributed by atoms with van der Waals surface area (Å²) < 4.78 is 5.28. The van der Waals surface area contributed by atoms with Gasteiger partial charge in [0.15, 0.2) is 11.7 Å². The predicted molar refractivity (Wildman–Crippen MR) is 84.3 cm³/mol. The smallest absolute Gasteiger partial charge is 0.216 e. The number of aromatic amines is 1. The van der Waals surface area contributed by atoms with Gasteiger partial charge in [-0.15, -0.1) is 5.10 Å². The number of aliphatic imine (C=N–C) groups is 1. The average Bonchev–Trinajstić information content (AvgIpc) is 3.26. The van der Waals surface area contributed by atoms with Gasteiger partial charge in [-0.3, -0.25) is 5.10 Å². The fourth-order valence-corrected chi connectivity index (χ4v) is 2.62. The summed E-state index contributed by atoms with van der Waals surface area (Å²) in [5.74, 6) is 2.77. The lowest BCUT2D eigenvalue weighted by molar-refractivity contribution is 0.577. The zero-order valence-electron chi connectivity index (χ0n) is 12.8. The molecule has 2 heterocycles. The summed E-state index contributed by atoms with van der Waals surface area (Å²) in [6.45, 7) is 3.36. The molecule has 3 N–H and O–H groups in total. The third-order valence-corrected chi connectivity index (χ3v) is 3.70. The van der Waals surface area contributed by atoms with Crippen molar-refractivity contribution in [3.05, 3.63) is 24.2 Å². The van der Waals surface area contributed by atoms with Crippen molar-refractivity contribution >= 4 is 5.96 Å². The van der Waals surface area contributed by atoms with Crippen LogP contribution in [0.2, 0.25) is 0 Å². The van der Waals surface area contributed by atoms with E-state index in [9.17, 15) is 0 Å². The van der Waals surface area contributed by atoms with E-state index in [-0.39, 0.29) is 0 Å². The minimum Gasteiger partial charge on any atom is -0.461 e. The molecule has 118 valence electrons. The molecule has 0 aromatic carbocycles. The van der Waals surface area contributed by atoms with Gasteiger partial charge in [-0.1, -0.05) is 12.8 Å². The quantitative estimate of drug-likeness (QED) is 0.581. The third kappa shape index (κ3) is 3.66. The molecule has 7 nitrogen and oxygen atoms in total. The van der Waals surface area contributed by atoms with Crippen molar-refractivity contribution in [1.29, 1.82) is 0 Å². The van der Waals surface area contributed by atoms with Gasteiger partial charge in [-0.25, -0.2) is 9.98 Å². The Hall–Kier alpha value is -2.31. The van der Waals surface area contributed by atoms with Crippen LogP contribution in [0.1, 0.15) is 38.4 Å². The van der Waals surface area contributed by atoms with Gasteiger partial charge >= 0.3 is 0 Å². The molecule has 3 rings (SSSR count). The Balaban J connectivity index is 1.62. The first-order chi connectivity index (χ1) is 10.8. The monoisotopic (exact) mass is 302 g/mol. The number of guanidine groups is 1. The molecule has 0 bridgehead atoms. The van der Waals surface area contributed by atoms with E-state index in [1.54, 1.807) is 6.26 Å². The molecule has 1 saturated carbocycles. The summed E-state index contributed by atoms with van der Waals surface area (Å²) in [7, 11) is 0. The molecule has 7 heteroatoms. The third-order valence-electron chi connectivity index (χ3n) is 3.70. The summed E-state index contributed by atoms with van der Waals surface area (Å²) in [6, 6.07) is 4.19. The minimum atomic E-state index is 0.454. The van der Waals surface area contributed by atoms with Crippen molar-refractivity contribution in [2.45, 2.75) is 45.2 Å². The number of nitrogens with one attached hydrogen (secondary N) is 3. The molecule has 1 aliphatic carbocycles. The first-order valence-electron chi connectivity index (χ1n) is 7.85. The zero-order chi connectivity index (χ0) is 15.2. The van der Waals surface area contributed by atoms with Crippen LogP contribution in [0.15, 0.2) is 27.8 Å². The van der Waals surface area contributed by atoms with E-state index < -0.39 is 0 Å². The van der Waals surface area contributed by atoms with Crippen molar-refractivity contribution < 1.29 is 4.42 Å². The van der Waals surface area contributed by atoms with Crippen LogP contribution in [0, 0.1) is 0 Å². The van der Waals surface area contributed by atoms with Crippen LogP contribution >= 0.6 is 0 Å². The normalized spacial score (nSPS) is 16.1. The molecule has 0 spiro atoms. The van der Waals surface area contributed by atoms with Crippen LogP contribution in [-0.2, 0) is 6.54 Å². The number of aromatic nitrogens is 3. The first kappa shape index (κ1) is 14.6. The molecule has 1 aliphatic rings. The van der Waals surface area contributed by atoms with Gasteiger partial charge in [0, 0.05) is 12.6 Å². The maximum absolute atomic E-state index is 5.28. The standard InChI is InChI=1S/C15H22N6O/c1-2-16-15(18-11-6-3-4-7-11)17-10-13-19-14(21-20-13)12-8-5-9-22-12/h5,8-9,11H,2-4,6-7,10H2,1H3,(H2,16,17,18)(H,19,20,21). The first-order valence-corrected chi connectivity index (χ1v) is 7.85. The highest BCUT2D eigenvalue weighted by Crippen LogP contribution is 2.17. The van der Waals surface area contributed by atoms with Gasteiger partial charge in [0.05, 0.1) is 6.26 Å². The molecule has 2 aromatic rings. The molecule has 22 heavy (non-hydrogen) atoms. The molecule has 0 atom stereocenters.